The molecule has 1 saturated heterocycles. The van der Waals surface area contributed by atoms with E-state index in [0.29, 0.717) is 12.8 Å². The maximum atomic E-state index is 11.9. The third-order valence-corrected chi connectivity index (χ3v) is 14.8. The van der Waals surface area contributed by atoms with E-state index in [1.807, 2.05) is 0 Å². The van der Waals surface area contributed by atoms with Crippen LogP contribution < -0.4 is 0 Å². The molecule has 8 nitrogen and oxygen atoms in total. The summed E-state index contributed by atoms with van der Waals surface area (Å²) >= 11 is 0. The van der Waals surface area contributed by atoms with Gasteiger partial charge in [0.25, 0.3) is 0 Å². The molecule has 0 unspecified atom stereocenters. The lowest BCUT2D eigenvalue weighted by Crippen LogP contribution is -2.65. The lowest BCUT2D eigenvalue weighted by Gasteiger charge is -2.69. The van der Waals surface area contributed by atoms with E-state index in [1.54, 1.807) is 6.92 Å². The molecule has 6 N–H and O–H groups in total. The molecule has 5 aliphatic carbocycles. The van der Waals surface area contributed by atoms with Crippen LogP contribution in [-0.4, -0.2) is 86.8 Å². The lowest BCUT2D eigenvalue weighted by molar-refractivity contribution is -0.323. The van der Waals surface area contributed by atoms with Crippen molar-refractivity contribution in [3.63, 3.8) is 0 Å². The van der Waals surface area contributed by atoms with Gasteiger partial charge in [0.2, 0.25) is 0 Å². The predicted octanol–water partition coefficient (Wildman–Crippen LogP) is 3.86. The molecule has 0 aromatic heterocycles. The third-order valence-electron chi connectivity index (χ3n) is 14.8. The molecule has 0 amide bonds. The Morgan fingerprint density at radius 1 is 0.795 bits per heavy atom. The molecule has 0 aromatic carbocycles. The standard InChI is InChI=1S/C36H58O8/c1-20-27(40)28(41)29(42)30(43-20)44-26-11-12-32(4)23(33(26,5)18-37)10-13-34(6)24(32)9-8-21-22-16-31(2,3)14-15-36(22,19-38)25(39)17-35(21,34)7/h8-9,20,22-23,25-30,37-42H,10-19H2,1-7H3/t20-,22+,23-,25+,26+,27+,28+,29-,30+,32+,33+,34-,35-,36-/m1/s1. The Kier molecular flexibility index (Phi) is 7.95. The summed E-state index contributed by atoms with van der Waals surface area (Å²) < 4.78 is 12.2. The Morgan fingerprint density at radius 2 is 1.50 bits per heavy atom. The van der Waals surface area contributed by atoms with E-state index in [9.17, 15) is 30.6 Å². The fraction of sp³-hybridized carbons (Fsp3) is 0.889. The first-order valence-corrected chi connectivity index (χ1v) is 17.1. The topological polar surface area (TPSA) is 140 Å². The second kappa shape index (κ2) is 10.6. The number of hydrogen-bond acceptors (Lipinski definition) is 8. The Morgan fingerprint density at radius 3 is 2.16 bits per heavy atom. The van der Waals surface area contributed by atoms with Crippen molar-refractivity contribution in [2.24, 2.45) is 44.3 Å². The van der Waals surface area contributed by atoms with Gasteiger partial charge in [0.1, 0.15) is 18.3 Å². The van der Waals surface area contributed by atoms with Crippen LogP contribution in [0.5, 0.6) is 0 Å². The van der Waals surface area contributed by atoms with Crippen LogP contribution in [0.1, 0.15) is 99.8 Å². The Hall–Kier alpha value is -0.840. The summed E-state index contributed by atoms with van der Waals surface area (Å²) in [5.41, 5.74) is 1.18. The van der Waals surface area contributed by atoms with Crippen molar-refractivity contribution in [3.8, 4) is 0 Å². The largest absolute Gasteiger partial charge is 0.396 e. The fourth-order valence-electron chi connectivity index (χ4n) is 11.6. The average molecular weight is 619 g/mol. The highest BCUT2D eigenvalue weighted by Crippen LogP contribution is 2.74. The van der Waals surface area contributed by atoms with E-state index in [4.69, 9.17) is 9.47 Å². The van der Waals surface area contributed by atoms with Gasteiger partial charge < -0.3 is 40.1 Å². The zero-order valence-electron chi connectivity index (χ0n) is 27.9. The Balaban J connectivity index is 1.36. The molecule has 5 fully saturated rings. The monoisotopic (exact) mass is 618 g/mol. The predicted molar refractivity (Wildman–Crippen MR) is 166 cm³/mol. The van der Waals surface area contributed by atoms with Crippen LogP contribution in [0.2, 0.25) is 0 Å². The summed E-state index contributed by atoms with van der Waals surface area (Å²) in [4.78, 5) is 0. The highest BCUT2D eigenvalue weighted by Gasteiger charge is 2.68. The molecule has 14 atom stereocenters. The van der Waals surface area contributed by atoms with Gasteiger partial charge in [0.15, 0.2) is 6.29 Å². The van der Waals surface area contributed by atoms with Crippen LogP contribution >= 0.6 is 0 Å². The maximum absolute atomic E-state index is 11.9. The van der Waals surface area contributed by atoms with E-state index in [1.165, 1.54) is 11.1 Å². The van der Waals surface area contributed by atoms with Crippen molar-refractivity contribution in [2.45, 2.75) is 143 Å². The van der Waals surface area contributed by atoms with Crippen molar-refractivity contribution in [3.05, 3.63) is 23.3 Å². The minimum Gasteiger partial charge on any atom is -0.396 e. The average Bonchev–Trinajstić information content (AvgIpc) is 2.96. The number of rotatable bonds is 4. The first-order chi connectivity index (χ1) is 20.4. The molecule has 8 heteroatoms. The molecule has 6 aliphatic rings. The molecule has 250 valence electrons. The van der Waals surface area contributed by atoms with Gasteiger partial charge in [-0.05, 0) is 86.4 Å². The molecule has 4 saturated carbocycles. The quantitative estimate of drug-likeness (QED) is 0.261. The third kappa shape index (κ3) is 4.31. The first kappa shape index (κ1) is 33.1. The van der Waals surface area contributed by atoms with Crippen LogP contribution in [0.15, 0.2) is 23.3 Å². The minimum absolute atomic E-state index is 0.0137. The van der Waals surface area contributed by atoms with Gasteiger partial charge in [0, 0.05) is 16.2 Å². The number of hydrogen-bond donors (Lipinski definition) is 6. The molecular formula is C36H58O8. The smallest absolute Gasteiger partial charge is 0.186 e. The number of fused-ring (bicyclic) bond motifs is 7. The molecule has 0 aromatic rings. The summed E-state index contributed by atoms with van der Waals surface area (Å²) in [7, 11) is 0. The highest BCUT2D eigenvalue weighted by atomic mass is 16.7. The van der Waals surface area contributed by atoms with Gasteiger partial charge in [0.05, 0.1) is 31.5 Å². The molecule has 44 heavy (non-hydrogen) atoms. The van der Waals surface area contributed by atoms with Gasteiger partial charge in [-0.2, -0.15) is 0 Å². The van der Waals surface area contributed by atoms with Gasteiger partial charge in [-0.1, -0.05) is 64.8 Å². The normalized spacial score (nSPS) is 55.1. The maximum Gasteiger partial charge on any atom is 0.186 e. The SMILES string of the molecule is C[C@H]1O[C@@H](O[C@H]2CC[C@]3(C)C4=CC=C5[C@@H]6CC(C)(C)CC[C@]6(CO)[C@@H](O)C[C@@]5(C)[C@]4(C)CC[C@H]3[C@]2(C)CO)[C@H](O)[C@@H](O)[C@H]1O. The van der Waals surface area contributed by atoms with Crippen molar-refractivity contribution in [1.29, 1.82) is 0 Å². The van der Waals surface area contributed by atoms with E-state index >= 15 is 0 Å². The van der Waals surface area contributed by atoms with Crippen molar-refractivity contribution < 1.29 is 40.1 Å². The Bertz CT molecular complexity index is 1200. The summed E-state index contributed by atoms with van der Waals surface area (Å²) in [5, 5.41) is 65.0. The van der Waals surface area contributed by atoms with Crippen molar-refractivity contribution >= 4 is 0 Å². The molecule has 0 bridgehead atoms. The fourth-order valence-corrected chi connectivity index (χ4v) is 11.6. The zero-order valence-corrected chi connectivity index (χ0v) is 27.9. The molecule has 1 aliphatic heterocycles. The number of ether oxygens (including phenoxy) is 2. The van der Waals surface area contributed by atoms with Crippen molar-refractivity contribution in [1.82, 2.24) is 0 Å². The summed E-state index contributed by atoms with van der Waals surface area (Å²) in [5.74, 6) is 0.235. The zero-order chi connectivity index (χ0) is 32.3. The van der Waals surface area contributed by atoms with Crippen LogP contribution in [0.3, 0.4) is 0 Å². The molecule has 1 heterocycles. The van der Waals surface area contributed by atoms with E-state index < -0.39 is 53.7 Å². The summed E-state index contributed by atoms with van der Waals surface area (Å²) in [6.07, 6.45) is 4.75. The molecular weight excluding hydrogens is 560 g/mol. The van der Waals surface area contributed by atoms with Gasteiger partial charge in [-0.25, -0.2) is 0 Å². The highest BCUT2D eigenvalue weighted by molar-refractivity contribution is 5.46. The van der Waals surface area contributed by atoms with Crippen LogP contribution in [-0.2, 0) is 9.47 Å². The minimum atomic E-state index is -1.38. The van der Waals surface area contributed by atoms with E-state index in [0.717, 1.165) is 38.5 Å². The second-order valence-electron chi connectivity index (χ2n) is 17.4. The van der Waals surface area contributed by atoms with Crippen LogP contribution in [0.25, 0.3) is 0 Å². The molecule has 0 spiro atoms. The van der Waals surface area contributed by atoms with Gasteiger partial charge in [-0.15, -0.1) is 0 Å². The van der Waals surface area contributed by atoms with Crippen LogP contribution in [0.4, 0.5) is 0 Å². The van der Waals surface area contributed by atoms with Crippen molar-refractivity contribution in [2.75, 3.05) is 13.2 Å². The Labute approximate surface area is 263 Å². The lowest BCUT2D eigenvalue weighted by atomic mass is 9.35. The summed E-state index contributed by atoms with van der Waals surface area (Å²) in [6.45, 7) is 15.4. The van der Waals surface area contributed by atoms with E-state index in [2.05, 4.69) is 53.7 Å². The van der Waals surface area contributed by atoms with Gasteiger partial charge in [-0.3, -0.25) is 0 Å². The second-order valence-corrected chi connectivity index (χ2v) is 17.4. The number of aliphatic hydroxyl groups excluding tert-OH is 6. The van der Waals surface area contributed by atoms with E-state index in [-0.39, 0.29) is 46.7 Å². The molecule has 6 rings (SSSR count). The first-order valence-electron chi connectivity index (χ1n) is 17.1. The number of aliphatic hydroxyl groups is 6. The number of allylic oxidation sites excluding steroid dienone is 4. The summed E-state index contributed by atoms with van der Waals surface area (Å²) in [6, 6.07) is 0. The molecule has 0 radical (unpaired) electrons. The van der Waals surface area contributed by atoms with Crippen LogP contribution in [0, 0.1) is 44.3 Å². The van der Waals surface area contributed by atoms with Gasteiger partial charge >= 0.3 is 0 Å².